The van der Waals surface area contributed by atoms with E-state index in [0.717, 1.165) is 11.1 Å². The minimum atomic E-state index is -0.364. The minimum absolute atomic E-state index is 0.129. The first-order chi connectivity index (χ1) is 13.0. The molecule has 0 aliphatic heterocycles. The first kappa shape index (κ1) is 20.9. The molecule has 2 amide bonds. The summed E-state index contributed by atoms with van der Waals surface area (Å²) in [6.07, 6.45) is 0. The van der Waals surface area contributed by atoms with Gasteiger partial charge in [-0.25, -0.2) is 4.39 Å². The second kappa shape index (κ2) is 10.7. The number of halogens is 1. The quantitative estimate of drug-likeness (QED) is 0.689. The fraction of sp³-hybridized carbons (Fsp3) is 0.300. The molecule has 2 N–H and O–H groups in total. The van der Waals surface area contributed by atoms with Gasteiger partial charge in [0.05, 0.1) is 17.6 Å². The smallest absolute Gasteiger partial charge is 0.234 e. The summed E-state index contributed by atoms with van der Waals surface area (Å²) in [6.45, 7) is 2.74. The molecule has 0 heterocycles. The van der Waals surface area contributed by atoms with E-state index in [-0.39, 0.29) is 28.6 Å². The Hall–Kier alpha value is -2.38. The molecular weight excluding hydrogens is 367 g/mol. The number of benzene rings is 2. The Morgan fingerprint density at radius 1 is 1.07 bits per heavy atom. The van der Waals surface area contributed by atoms with Crippen LogP contribution in [0.15, 0.2) is 48.5 Å². The first-order valence-electron chi connectivity index (χ1n) is 8.49. The number of anilines is 1. The van der Waals surface area contributed by atoms with Crippen LogP contribution in [0.4, 0.5) is 10.1 Å². The zero-order valence-electron chi connectivity index (χ0n) is 15.3. The molecule has 7 heteroatoms. The lowest BCUT2D eigenvalue weighted by Gasteiger charge is -2.12. The predicted octanol–water partition coefficient (Wildman–Crippen LogP) is 3.35. The highest BCUT2D eigenvalue weighted by atomic mass is 32.2. The zero-order chi connectivity index (χ0) is 19.6. The summed E-state index contributed by atoms with van der Waals surface area (Å²) in [7, 11) is 1.65. The summed E-state index contributed by atoms with van der Waals surface area (Å²) in [5, 5.41) is 5.17. The lowest BCUT2D eigenvalue weighted by molar-refractivity contribution is -0.120. The van der Waals surface area contributed by atoms with Gasteiger partial charge in [0.2, 0.25) is 11.8 Å². The molecule has 0 aliphatic rings. The molecule has 0 fully saturated rings. The van der Waals surface area contributed by atoms with Gasteiger partial charge >= 0.3 is 0 Å². The topological polar surface area (TPSA) is 67.4 Å². The lowest BCUT2D eigenvalue weighted by Crippen LogP contribution is -2.31. The normalized spacial score (nSPS) is 11.7. The van der Waals surface area contributed by atoms with Crippen LogP contribution in [0.5, 0.6) is 0 Å². The summed E-state index contributed by atoms with van der Waals surface area (Å²) >= 11 is 1.24. The van der Waals surface area contributed by atoms with Gasteiger partial charge in [0.1, 0.15) is 5.82 Å². The van der Waals surface area contributed by atoms with Crippen LogP contribution in [0.1, 0.15) is 18.1 Å². The van der Waals surface area contributed by atoms with Crippen molar-refractivity contribution in [2.24, 2.45) is 0 Å². The summed E-state index contributed by atoms with van der Waals surface area (Å²) in [4.78, 5) is 24.1. The molecule has 27 heavy (non-hydrogen) atoms. The number of hydrogen-bond acceptors (Lipinski definition) is 4. The highest BCUT2D eigenvalue weighted by Crippen LogP contribution is 2.13. The lowest BCUT2D eigenvalue weighted by atomic mass is 10.1. The fourth-order valence-electron chi connectivity index (χ4n) is 2.26. The van der Waals surface area contributed by atoms with Gasteiger partial charge in [-0.15, -0.1) is 11.8 Å². The number of hydrogen-bond donors (Lipinski definition) is 2. The Balaban J connectivity index is 1.71. The van der Waals surface area contributed by atoms with Gasteiger partial charge in [-0.3, -0.25) is 9.59 Å². The van der Waals surface area contributed by atoms with Crippen molar-refractivity contribution in [2.45, 2.75) is 25.3 Å². The van der Waals surface area contributed by atoms with Crippen LogP contribution in [0, 0.1) is 5.82 Å². The molecule has 0 saturated heterocycles. The van der Waals surface area contributed by atoms with Crippen LogP contribution < -0.4 is 10.6 Å². The third kappa shape index (κ3) is 7.40. The predicted molar refractivity (Wildman–Crippen MR) is 106 cm³/mol. The molecule has 0 aliphatic carbocycles. The maximum absolute atomic E-state index is 12.8. The summed E-state index contributed by atoms with van der Waals surface area (Å²) in [5.41, 5.74) is 2.59. The van der Waals surface area contributed by atoms with Crippen LogP contribution in [0.25, 0.3) is 0 Å². The molecule has 2 rings (SSSR count). The molecule has 1 unspecified atom stereocenters. The van der Waals surface area contributed by atoms with Crippen molar-refractivity contribution in [3.8, 4) is 0 Å². The van der Waals surface area contributed by atoms with E-state index in [0.29, 0.717) is 18.8 Å². The Kier molecular flexibility index (Phi) is 8.29. The number of carbonyl (C=O) groups excluding carboxylic acids is 2. The van der Waals surface area contributed by atoms with E-state index in [9.17, 15) is 14.0 Å². The average Bonchev–Trinajstić information content (AvgIpc) is 2.67. The van der Waals surface area contributed by atoms with E-state index in [2.05, 4.69) is 10.6 Å². The van der Waals surface area contributed by atoms with E-state index in [1.807, 2.05) is 24.3 Å². The highest BCUT2D eigenvalue weighted by Gasteiger charge is 2.15. The van der Waals surface area contributed by atoms with Crippen molar-refractivity contribution in [3.63, 3.8) is 0 Å². The highest BCUT2D eigenvalue weighted by molar-refractivity contribution is 8.01. The van der Waals surface area contributed by atoms with E-state index < -0.39 is 0 Å². The molecule has 144 valence electrons. The molecule has 0 radical (unpaired) electrons. The Bertz CT molecular complexity index is 751. The van der Waals surface area contributed by atoms with Gasteiger partial charge in [-0.05, 0) is 42.3 Å². The number of ether oxygens (including phenoxy) is 1. The van der Waals surface area contributed by atoms with Gasteiger partial charge < -0.3 is 15.4 Å². The Morgan fingerprint density at radius 2 is 1.70 bits per heavy atom. The van der Waals surface area contributed by atoms with Crippen molar-refractivity contribution < 1.29 is 18.7 Å². The summed E-state index contributed by atoms with van der Waals surface area (Å²) < 4.78 is 17.9. The van der Waals surface area contributed by atoms with Gasteiger partial charge in [0, 0.05) is 19.3 Å². The van der Waals surface area contributed by atoms with E-state index in [1.54, 1.807) is 14.0 Å². The summed E-state index contributed by atoms with van der Waals surface area (Å²) in [6, 6.07) is 13.4. The third-order valence-corrected chi connectivity index (χ3v) is 4.91. The van der Waals surface area contributed by atoms with E-state index in [1.165, 1.54) is 36.0 Å². The van der Waals surface area contributed by atoms with Crippen molar-refractivity contribution >= 4 is 29.3 Å². The van der Waals surface area contributed by atoms with Gasteiger partial charge in [0.15, 0.2) is 0 Å². The van der Waals surface area contributed by atoms with E-state index >= 15 is 0 Å². The van der Waals surface area contributed by atoms with Crippen LogP contribution >= 0.6 is 11.8 Å². The van der Waals surface area contributed by atoms with Crippen LogP contribution in [0.2, 0.25) is 0 Å². The van der Waals surface area contributed by atoms with Crippen molar-refractivity contribution in [1.29, 1.82) is 0 Å². The molecule has 0 saturated carbocycles. The number of carbonyl (C=O) groups is 2. The molecule has 0 bridgehead atoms. The summed E-state index contributed by atoms with van der Waals surface area (Å²) in [5.74, 6) is -0.589. The van der Waals surface area contributed by atoms with Crippen LogP contribution in [-0.4, -0.2) is 29.9 Å². The minimum Gasteiger partial charge on any atom is -0.380 e. The molecule has 0 spiro atoms. The first-order valence-corrected chi connectivity index (χ1v) is 9.54. The number of amides is 2. The Morgan fingerprint density at radius 3 is 2.33 bits per heavy atom. The zero-order valence-corrected chi connectivity index (χ0v) is 16.1. The van der Waals surface area contributed by atoms with Gasteiger partial charge in [0.25, 0.3) is 0 Å². The molecule has 2 aromatic rings. The standard InChI is InChI=1S/C20H23FN2O3S/c1-14(27-13-19(24)23-18-9-7-17(21)8-10-18)20(25)22-11-15-3-5-16(6-4-15)12-26-2/h3-10,14H,11-13H2,1-2H3,(H,22,25)(H,23,24). The van der Waals surface area contributed by atoms with Crippen molar-refractivity contribution in [2.75, 3.05) is 18.2 Å². The largest absolute Gasteiger partial charge is 0.380 e. The SMILES string of the molecule is COCc1ccc(CNC(=O)C(C)SCC(=O)Nc2ccc(F)cc2)cc1. The van der Waals surface area contributed by atoms with Crippen LogP contribution in [0.3, 0.4) is 0 Å². The number of thioether (sulfide) groups is 1. The molecular formula is C20H23FN2O3S. The van der Waals surface area contributed by atoms with Crippen molar-refractivity contribution in [1.82, 2.24) is 5.32 Å². The van der Waals surface area contributed by atoms with Crippen LogP contribution in [-0.2, 0) is 27.5 Å². The molecule has 1 atom stereocenters. The molecule has 2 aromatic carbocycles. The maximum Gasteiger partial charge on any atom is 0.234 e. The molecule has 0 aromatic heterocycles. The van der Waals surface area contributed by atoms with E-state index in [4.69, 9.17) is 4.74 Å². The molecule has 5 nitrogen and oxygen atoms in total. The van der Waals surface area contributed by atoms with Gasteiger partial charge in [-0.1, -0.05) is 24.3 Å². The second-order valence-corrected chi connectivity index (χ2v) is 7.30. The number of rotatable bonds is 9. The monoisotopic (exact) mass is 390 g/mol. The fourth-order valence-corrected chi connectivity index (χ4v) is 2.97. The van der Waals surface area contributed by atoms with Crippen molar-refractivity contribution in [3.05, 3.63) is 65.5 Å². The number of methoxy groups -OCH3 is 1. The van der Waals surface area contributed by atoms with Gasteiger partial charge in [-0.2, -0.15) is 0 Å². The number of nitrogens with one attached hydrogen (secondary N) is 2. The maximum atomic E-state index is 12.8. The second-order valence-electron chi connectivity index (χ2n) is 5.98. The Labute approximate surface area is 162 Å². The third-order valence-electron chi connectivity index (χ3n) is 3.76. The average molecular weight is 390 g/mol.